The lowest BCUT2D eigenvalue weighted by molar-refractivity contribution is -0.120. The quantitative estimate of drug-likeness (QED) is 0.691. The monoisotopic (exact) mass is 391 g/mol. The highest BCUT2D eigenvalue weighted by Gasteiger charge is 2.26. The Hall–Kier alpha value is -3.68. The van der Waals surface area contributed by atoms with Crippen LogP contribution in [0.5, 0.6) is 0 Å². The van der Waals surface area contributed by atoms with Crippen molar-refractivity contribution in [3.63, 3.8) is 0 Å². The molecule has 0 atom stereocenters. The lowest BCUT2D eigenvalue weighted by atomic mass is 9.95. The first-order valence-electron chi connectivity index (χ1n) is 9.43. The fraction of sp³-hybridized carbons (Fsp3) is 0.238. The van der Waals surface area contributed by atoms with Crippen molar-refractivity contribution in [3.8, 4) is 11.5 Å². The van der Waals surface area contributed by atoms with Crippen LogP contribution in [-0.4, -0.2) is 35.1 Å². The number of carbonyl (C=O) groups is 2. The maximum absolute atomic E-state index is 12.5. The first-order valence-corrected chi connectivity index (χ1v) is 9.43. The van der Waals surface area contributed by atoms with Gasteiger partial charge in [-0.2, -0.15) is 0 Å². The SMILES string of the molecule is NC(=O)c1ccc(NC(=O)C2CCN(c3ccc(-c4ccco4)nn3)CC2)cc1. The maximum atomic E-state index is 12.5. The number of primary amides is 1. The average Bonchev–Trinajstić information content (AvgIpc) is 3.29. The fourth-order valence-electron chi connectivity index (χ4n) is 3.38. The second-order valence-corrected chi connectivity index (χ2v) is 6.95. The number of carbonyl (C=O) groups excluding carboxylic acids is 2. The molecule has 3 aromatic rings. The van der Waals surface area contributed by atoms with Crippen molar-refractivity contribution in [2.45, 2.75) is 12.8 Å². The van der Waals surface area contributed by atoms with Crippen molar-refractivity contribution < 1.29 is 14.0 Å². The second kappa shape index (κ2) is 8.14. The van der Waals surface area contributed by atoms with Gasteiger partial charge in [0.05, 0.1) is 6.26 Å². The standard InChI is InChI=1S/C21H21N5O3/c22-20(27)14-3-5-16(6-4-14)23-21(28)15-9-11-26(12-10-15)19-8-7-17(24-25-19)18-2-1-13-29-18/h1-8,13,15H,9-12H2,(H2,22,27)(H,23,28). The molecule has 0 unspecified atom stereocenters. The van der Waals surface area contributed by atoms with Crippen molar-refractivity contribution in [2.24, 2.45) is 11.7 Å². The smallest absolute Gasteiger partial charge is 0.248 e. The molecule has 1 saturated heterocycles. The fourth-order valence-corrected chi connectivity index (χ4v) is 3.38. The molecule has 1 aliphatic heterocycles. The van der Waals surface area contributed by atoms with E-state index in [4.69, 9.17) is 10.2 Å². The van der Waals surface area contributed by atoms with Crippen LogP contribution < -0.4 is 16.0 Å². The van der Waals surface area contributed by atoms with E-state index in [2.05, 4.69) is 20.4 Å². The molecule has 4 rings (SSSR count). The number of nitrogens with zero attached hydrogens (tertiary/aromatic N) is 3. The number of amides is 2. The van der Waals surface area contributed by atoms with E-state index in [1.54, 1.807) is 30.5 Å². The van der Waals surface area contributed by atoms with Crippen LogP contribution >= 0.6 is 0 Å². The molecule has 8 heteroatoms. The summed E-state index contributed by atoms with van der Waals surface area (Å²) in [7, 11) is 0. The molecule has 0 bridgehead atoms. The van der Waals surface area contributed by atoms with Gasteiger partial charge in [0, 0.05) is 30.3 Å². The minimum atomic E-state index is -0.490. The molecule has 29 heavy (non-hydrogen) atoms. The van der Waals surface area contributed by atoms with Crippen molar-refractivity contribution in [3.05, 3.63) is 60.4 Å². The third kappa shape index (κ3) is 4.26. The van der Waals surface area contributed by atoms with Gasteiger partial charge in [-0.15, -0.1) is 10.2 Å². The van der Waals surface area contributed by atoms with Gasteiger partial charge >= 0.3 is 0 Å². The van der Waals surface area contributed by atoms with E-state index in [9.17, 15) is 9.59 Å². The average molecular weight is 391 g/mol. The minimum Gasteiger partial charge on any atom is -0.463 e. The van der Waals surface area contributed by atoms with Gasteiger partial charge < -0.3 is 20.4 Å². The number of hydrogen-bond acceptors (Lipinski definition) is 6. The third-order valence-corrected chi connectivity index (χ3v) is 5.05. The molecule has 0 spiro atoms. The molecule has 3 N–H and O–H groups in total. The number of piperidine rings is 1. The Kier molecular flexibility index (Phi) is 5.24. The molecule has 0 saturated carbocycles. The van der Waals surface area contributed by atoms with E-state index < -0.39 is 5.91 Å². The predicted molar refractivity (Wildman–Crippen MR) is 108 cm³/mol. The van der Waals surface area contributed by atoms with Crippen LogP contribution in [0.25, 0.3) is 11.5 Å². The minimum absolute atomic E-state index is 0.0178. The molecule has 1 fully saturated rings. The Morgan fingerprint density at radius 1 is 1.03 bits per heavy atom. The third-order valence-electron chi connectivity index (χ3n) is 5.05. The molecule has 8 nitrogen and oxygen atoms in total. The van der Waals surface area contributed by atoms with E-state index in [0.29, 0.717) is 22.7 Å². The molecular formula is C21H21N5O3. The van der Waals surface area contributed by atoms with Gasteiger partial charge in [0.15, 0.2) is 11.6 Å². The Morgan fingerprint density at radius 3 is 2.38 bits per heavy atom. The number of nitrogens with two attached hydrogens (primary N) is 1. The zero-order chi connectivity index (χ0) is 20.2. The van der Waals surface area contributed by atoms with Gasteiger partial charge in [0.2, 0.25) is 11.8 Å². The van der Waals surface area contributed by atoms with E-state index >= 15 is 0 Å². The highest BCUT2D eigenvalue weighted by molar-refractivity contribution is 5.95. The highest BCUT2D eigenvalue weighted by Crippen LogP contribution is 2.24. The van der Waals surface area contributed by atoms with Gasteiger partial charge in [-0.25, -0.2) is 0 Å². The first kappa shape index (κ1) is 18.7. The summed E-state index contributed by atoms with van der Waals surface area (Å²) in [5.74, 6) is 0.896. The van der Waals surface area contributed by atoms with E-state index in [0.717, 1.165) is 31.7 Å². The Balaban J connectivity index is 1.31. The normalized spacial score (nSPS) is 14.6. The molecule has 2 aromatic heterocycles. The maximum Gasteiger partial charge on any atom is 0.248 e. The van der Waals surface area contributed by atoms with Crippen LogP contribution in [0.3, 0.4) is 0 Å². The van der Waals surface area contributed by atoms with E-state index in [-0.39, 0.29) is 11.8 Å². The number of furan rings is 1. The molecule has 0 aliphatic carbocycles. The number of hydrogen-bond donors (Lipinski definition) is 2. The number of aromatic nitrogens is 2. The van der Waals surface area contributed by atoms with Crippen LogP contribution in [0.1, 0.15) is 23.2 Å². The largest absolute Gasteiger partial charge is 0.463 e. The zero-order valence-corrected chi connectivity index (χ0v) is 15.7. The summed E-state index contributed by atoms with van der Waals surface area (Å²) >= 11 is 0. The summed E-state index contributed by atoms with van der Waals surface area (Å²) in [6, 6.07) is 14.0. The van der Waals surface area contributed by atoms with E-state index in [1.807, 2.05) is 24.3 Å². The van der Waals surface area contributed by atoms with Crippen LogP contribution in [0.2, 0.25) is 0 Å². The number of rotatable bonds is 5. The van der Waals surface area contributed by atoms with Crippen molar-refractivity contribution >= 4 is 23.3 Å². The van der Waals surface area contributed by atoms with Crippen molar-refractivity contribution in [1.29, 1.82) is 0 Å². The summed E-state index contributed by atoms with van der Waals surface area (Å²) in [4.78, 5) is 25.8. The van der Waals surface area contributed by atoms with Crippen LogP contribution in [0, 0.1) is 5.92 Å². The summed E-state index contributed by atoms with van der Waals surface area (Å²) < 4.78 is 5.33. The zero-order valence-electron chi connectivity index (χ0n) is 15.7. The van der Waals surface area contributed by atoms with Crippen LogP contribution in [0.4, 0.5) is 11.5 Å². The Labute approximate surface area is 167 Å². The van der Waals surface area contributed by atoms with Gasteiger partial charge in [-0.1, -0.05) is 0 Å². The van der Waals surface area contributed by atoms with Crippen molar-refractivity contribution in [2.75, 3.05) is 23.3 Å². The van der Waals surface area contributed by atoms with Crippen molar-refractivity contribution in [1.82, 2.24) is 10.2 Å². The Bertz CT molecular complexity index is 976. The van der Waals surface area contributed by atoms with E-state index in [1.165, 1.54) is 0 Å². The van der Waals surface area contributed by atoms with Crippen LogP contribution in [-0.2, 0) is 4.79 Å². The molecule has 1 aromatic carbocycles. The summed E-state index contributed by atoms with van der Waals surface area (Å²) in [5.41, 5.74) is 6.99. The molecular weight excluding hydrogens is 370 g/mol. The summed E-state index contributed by atoms with van der Waals surface area (Å²) in [6.45, 7) is 1.46. The molecule has 3 heterocycles. The van der Waals surface area contributed by atoms with Crippen LogP contribution in [0.15, 0.2) is 59.2 Å². The lowest BCUT2D eigenvalue weighted by Gasteiger charge is -2.31. The van der Waals surface area contributed by atoms with Gasteiger partial charge in [-0.05, 0) is 61.4 Å². The summed E-state index contributed by atoms with van der Waals surface area (Å²) in [6.07, 6.45) is 3.06. The molecule has 0 radical (unpaired) electrons. The molecule has 148 valence electrons. The lowest BCUT2D eigenvalue weighted by Crippen LogP contribution is -2.38. The summed E-state index contributed by atoms with van der Waals surface area (Å²) in [5, 5.41) is 11.4. The number of benzene rings is 1. The topological polar surface area (TPSA) is 114 Å². The number of nitrogens with one attached hydrogen (secondary N) is 1. The molecule has 1 aliphatic rings. The molecule has 2 amide bonds. The Morgan fingerprint density at radius 2 is 1.79 bits per heavy atom. The van der Waals surface area contributed by atoms with Gasteiger partial charge in [-0.3, -0.25) is 9.59 Å². The predicted octanol–water partition coefficient (Wildman–Crippen LogP) is 2.69. The number of anilines is 2. The highest BCUT2D eigenvalue weighted by atomic mass is 16.3. The van der Waals surface area contributed by atoms with Gasteiger partial charge in [0.1, 0.15) is 5.69 Å². The van der Waals surface area contributed by atoms with Gasteiger partial charge in [0.25, 0.3) is 0 Å². The first-order chi connectivity index (χ1) is 14.1. The second-order valence-electron chi connectivity index (χ2n) is 6.95.